The lowest BCUT2D eigenvalue weighted by molar-refractivity contribution is 0.280. The summed E-state index contributed by atoms with van der Waals surface area (Å²) in [5.41, 5.74) is 1.67. The van der Waals surface area contributed by atoms with E-state index in [2.05, 4.69) is 10.6 Å². The number of nitrogens with one attached hydrogen (secondary N) is 2. The van der Waals surface area contributed by atoms with Gasteiger partial charge in [0.15, 0.2) is 11.5 Å². The summed E-state index contributed by atoms with van der Waals surface area (Å²) >= 11 is 6.08. The summed E-state index contributed by atoms with van der Waals surface area (Å²) in [6.07, 6.45) is 0.950. The third kappa shape index (κ3) is 9.38. The van der Waals surface area contributed by atoms with Crippen molar-refractivity contribution in [3.8, 4) is 11.5 Å². The van der Waals surface area contributed by atoms with Gasteiger partial charge in [-0.05, 0) is 37.7 Å². The number of aliphatic hydroxyl groups is 1. The molecule has 164 valence electrons. The topological polar surface area (TPSA) is 62.8 Å². The second kappa shape index (κ2) is 15.5. The van der Waals surface area contributed by atoms with Crippen LogP contribution in [0.3, 0.4) is 0 Å². The van der Waals surface area contributed by atoms with Crippen LogP contribution in [0.4, 0.5) is 4.39 Å². The smallest absolute Gasteiger partial charge is 0.166 e. The van der Waals surface area contributed by atoms with E-state index in [0.717, 1.165) is 25.1 Å². The van der Waals surface area contributed by atoms with Gasteiger partial charge < -0.3 is 25.2 Å². The summed E-state index contributed by atoms with van der Waals surface area (Å²) in [4.78, 5) is 0. The van der Waals surface area contributed by atoms with Crippen LogP contribution in [-0.4, -0.2) is 38.5 Å². The summed E-state index contributed by atoms with van der Waals surface area (Å²) in [5, 5.41) is 15.6. The number of ether oxygens (including phenoxy) is 2. The van der Waals surface area contributed by atoms with Gasteiger partial charge in [0.1, 0.15) is 12.4 Å². The lowest BCUT2D eigenvalue weighted by Gasteiger charge is -2.16. The minimum Gasteiger partial charge on any atom is -0.493 e. The van der Waals surface area contributed by atoms with Crippen LogP contribution in [0.5, 0.6) is 11.5 Å². The molecule has 2 aromatic rings. The number of benzene rings is 2. The molecule has 0 unspecified atom stereocenters. The molecule has 0 aliphatic carbocycles. The SMILES string of the molecule is COc1cccc(CNCCCNCCO)c1OCc1ccc(F)cc1Cl.Cl.Cl. The maximum Gasteiger partial charge on any atom is 0.166 e. The minimum absolute atomic E-state index is 0. The van der Waals surface area contributed by atoms with E-state index in [-0.39, 0.29) is 43.8 Å². The molecule has 0 aromatic heterocycles. The average Bonchev–Trinajstić information content (AvgIpc) is 2.67. The molecule has 0 saturated carbocycles. The van der Waals surface area contributed by atoms with Gasteiger partial charge in [0.05, 0.1) is 18.7 Å². The van der Waals surface area contributed by atoms with Gasteiger partial charge in [0, 0.05) is 24.2 Å². The van der Waals surface area contributed by atoms with Crippen LogP contribution in [0.1, 0.15) is 17.5 Å². The van der Waals surface area contributed by atoms with Gasteiger partial charge >= 0.3 is 0 Å². The Morgan fingerprint density at radius 1 is 1.03 bits per heavy atom. The summed E-state index contributed by atoms with van der Waals surface area (Å²) in [7, 11) is 1.59. The Bertz CT molecular complexity index is 723. The Kier molecular flexibility index (Phi) is 14.9. The van der Waals surface area contributed by atoms with Crippen molar-refractivity contribution in [3.05, 3.63) is 58.4 Å². The first-order chi connectivity index (χ1) is 13.2. The van der Waals surface area contributed by atoms with E-state index in [9.17, 15) is 4.39 Å². The van der Waals surface area contributed by atoms with Crippen molar-refractivity contribution in [3.63, 3.8) is 0 Å². The number of hydrogen-bond donors (Lipinski definition) is 3. The third-order valence-electron chi connectivity index (χ3n) is 3.98. The number of methoxy groups -OCH3 is 1. The maximum atomic E-state index is 13.2. The zero-order valence-electron chi connectivity index (χ0n) is 16.2. The number of para-hydroxylation sites is 1. The molecule has 0 aliphatic heterocycles. The predicted molar refractivity (Wildman–Crippen MR) is 120 cm³/mol. The summed E-state index contributed by atoms with van der Waals surface area (Å²) < 4.78 is 24.6. The van der Waals surface area contributed by atoms with Gasteiger partial charge in [0.2, 0.25) is 0 Å². The average molecular weight is 470 g/mol. The fourth-order valence-corrected chi connectivity index (χ4v) is 2.80. The molecule has 3 N–H and O–H groups in total. The molecule has 2 aromatic carbocycles. The van der Waals surface area contributed by atoms with E-state index in [1.165, 1.54) is 12.1 Å². The Morgan fingerprint density at radius 3 is 2.48 bits per heavy atom. The normalized spacial score (nSPS) is 10.1. The van der Waals surface area contributed by atoms with E-state index >= 15 is 0 Å². The fourth-order valence-electron chi connectivity index (χ4n) is 2.58. The largest absolute Gasteiger partial charge is 0.493 e. The molecule has 0 fully saturated rings. The highest BCUT2D eigenvalue weighted by Crippen LogP contribution is 2.32. The van der Waals surface area contributed by atoms with E-state index in [4.69, 9.17) is 26.2 Å². The summed E-state index contributed by atoms with van der Waals surface area (Å²) in [5.74, 6) is 0.905. The first kappa shape index (κ1) is 27.7. The lowest BCUT2D eigenvalue weighted by atomic mass is 10.1. The molecule has 0 bridgehead atoms. The first-order valence-corrected chi connectivity index (χ1v) is 9.28. The van der Waals surface area contributed by atoms with Crippen LogP contribution in [0, 0.1) is 5.82 Å². The highest BCUT2D eigenvalue weighted by atomic mass is 35.5. The lowest BCUT2D eigenvalue weighted by Crippen LogP contribution is -2.24. The second-order valence-corrected chi connectivity index (χ2v) is 6.38. The zero-order valence-corrected chi connectivity index (χ0v) is 18.6. The molecule has 0 atom stereocenters. The van der Waals surface area contributed by atoms with Crippen LogP contribution in [0.25, 0.3) is 0 Å². The molecule has 29 heavy (non-hydrogen) atoms. The molecule has 0 heterocycles. The highest BCUT2D eigenvalue weighted by Gasteiger charge is 2.12. The summed E-state index contributed by atoms with van der Waals surface area (Å²) in [6, 6.07) is 9.97. The van der Waals surface area contributed by atoms with Crippen LogP contribution in [0.15, 0.2) is 36.4 Å². The molecule has 0 spiro atoms. The van der Waals surface area contributed by atoms with Crippen molar-refractivity contribution in [1.29, 1.82) is 0 Å². The van der Waals surface area contributed by atoms with E-state index in [1.807, 2.05) is 18.2 Å². The second-order valence-electron chi connectivity index (χ2n) is 5.98. The molecule has 9 heteroatoms. The van der Waals surface area contributed by atoms with Gasteiger partial charge in [-0.1, -0.05) is 29.8 Å². The van der Waals surface area contributed by atoms with Crippen LogP contribution in [-0.2, 0) is 13.2 Å². The van der Waals surface area contributed by atoms with Crippen molar-refractivity contribution >= 4 is 36.4 Å². The first-order valence-electron chi connectivity index (χ1n) is 8.90. The van der Waals surface area contributed by atoms with Crippen molar-refractivity contribution in [2.75, 3.05) is 33.4 Å². The molecule has 0 aliphatic rings. The Morgan fingerprint density at radius 2 is 1.79 bits per heavy atom. The zero-order chi connectivity index (χ0) is 19.5. The van der Waals surface area contributed by atoms with Crippen molar-refractivity contribution in [2.24, 2.45) is 0 Å². The van der Waals surface area contributed by atoms with Gasteiger partial charge in [-0.25, -0.2) is 4.39 Å². The van der Waals surface area contributed by atoms with Crippen molar-refractivity contribution in [1.82, 2.24) is 10.6 Å². The van der Waals surface area contributed by atoms with Crippen LogP contribution < -0.4 is 20.1 Å². The van der Waals surface area contributed by atoms with Crippen molar-refractivity contribution < 1.29 is 19.0 Å². The highest BCUT2D eigenvalue weighted by molar-refractivity contribution is 6.31. The summed E-state index contributed by atoms with van der Waals surface area (Å²) in [6.45, 7) is 3.29. The predicted octanol–water partition coefficient (Wildman–Crippen LogP) is 3.97. The van der Waals surface area contributed by atoms with Gasteiger partial charge in [-0.15, -0.1) is 24.8 Å². The number of halogens is 4. The molecule has 0 radical (unpaired) electrons. The number of hydrogen-bond acceptors (Lipinski definition) is 5. The molecule has 0 saturated heterocycles. The Balaban J connectivity index is 0.00000392. The standard InChI is InChI=1S/C20H26ClFN2O3.2ClH/c1-26-19-5-2-4-15(13-24-9-3-8-23-10-11-25)20(19)27-14-16-6-7-17(22)12-18(16)21;;/h2,4-7,12,23-25H,3,8-11,13-14H2,1H3;2*1H. The quantitative estimate of drug-likeness (QED) is 0.411. The molecular formula is C20H28Cl3FN2O3. The van der Waals surface area contributed by atoms with Gasteiger partial charge in [0.25, 0.3) is 0 Å². The number of rotatable bonds is 12. The van der Waals surface area contributed by atoms with Crippen LogP contribution >= 0.6 is 36.4 Å². The number of aliphatic hydroxyl groups excluding tert-OH is 1. The van der Waals surface area contributed by atoms with Gasteiger partial charge in [-0.3, -0.25) is 0 Å². The maximum absolute atomic E-state index is 13.2. The van der Waals surface area contributed by atoms with E-state index in [1.54, 1.807) is 13.2 Å². The van der Waals surface area contributed by atoms with E-state index < -0.39 is 0 Å². The van der Waals surface area contributed by atoms with Crippen LogP contribution in [0.2, 0.25) is 5.02 Å². The Labute approximate surface area is 188 Å². The Hall–Kier alpha value is -1.28. The monoisotopic (exact) mass is 468 g/mol. The van der Waals surface area contributed by atoms with Gasteiger partial charge in [-0.2, -0.15) is 0 Å². The van der Waals surface area contributed by atoms with E-state index in [0.29, 0.717) is 35.2 Å². The fraction of sp³-hybridized carbons (Fsp3) is 0.400. The molecule has 0 amide bonds. The van der Waals surface area contributed by atoms with Crippen molar-refractivity contribution in [2.45, 2.75) is 19.6 Å². The third-order valence-corrected chi connectivity index (χ3v) is 4.33. The molecular weight excluding hydrogens is 442 g/mol. The molecule has 2 rings (SSSR count). The molecule has 5 nitrogen and oxygen atoms in total. The minimum atomic E-state index is -0.376.